The molecule has 6 aliphatic carbocycles. The molecule has 61 heavy (non-hydrogen) atoms. The quantitative estimate of drug-likeness (QED) is 0.0598. The molecule has 0 heterocycles. The topological polar surface area (TPSA) is 26.3 Å². The van der Waals surface area contributed by atoms with Crippen LogP contribution >= 0.6 is 0 Å². The van der Waals surface area contributed by atoms with Crippen LogP contribution in [-0.4, -0.2) is 12.6 Å². The third kappa shape index (κ3) is 2.62. The molecule has 2 nitrogen and oxygen atoms in total. The Labute approximate surface area is 349 Å². The van der Waals surface area contributed by atoms with Crippen molar-refractivity contribution in [2.24, 2.45) is 0 Å². The first-order chi connectivity index (χ1) is 30.1. The van der Waals surface area contributed by atoms with Crippen LogP contribution in [0.25, 0.3) is 118 Å². The number of hydrogen-bond donors (Lipinski definition) is 0. The van der Waals surface area contributed by atoms with Crippen LogP contribution in [0.15, 0.2) is 60.7 Å². The molecule has 13 aromatic carbocycles. The van der Waals surface area contributed by atoms with E-state index in [0.29, 0.717) is 18.9 Å². The molecule has 0 amide bonds. The second-order valence-corrected chi connectivity index (χ2v) is 21.1. The second-order valence-electron chi connectivity index (χ2n) is 21.1. The summed E-state index contributed by atoms with van der Waals surface area (Å²) in [5.41, 5.74) is 15.6. The Hall–Kier alpha value is -5.99. The van der Waals surface area contributed by atoms with Crippen LogP contribution in [0.4, 0.5) is 0 Å². The lowest BCUT2D eigenvalue weighted by molar-refractivity contribution is -0.143. The van der Waals surface area contributed by atoms with E-state index in [0.717, 1.165) is 51.4 Å². The lowest BCUT2D eigenvalue weighted by Gasteiger charge is -2.26. The lowest BCUT2D eigenvalue weighted by atomic mass is 9.76. The maximum absolute atomic E-state index is 13.4. The molecule has 0 saturated heterocycles. The fraction of sp³-hybridized carbons (Fsp3) is 0.271. The van der Waals surface area contributed by atoms with Crippen LogP contribution in [0, 0.1) is 0 Å². The summed E-state index contributed by atoms with van der Waals surface area (Å²) in [6.07, 6.45) is 11.1. The van der Waals surface area contributed by atoms with E-state index in [1.807, 2.05) is 0 Å². The molecule has 1 fully saturated rings. The molecule has 3 atom stereocenters. The summed E-state index contributed by atoms with van der Waals surface area (Å²) < 4.78 is 5.89. The number of hydrogen-bond acceptors (Lipinski definition) is 2. The van der Waals surface area contributed by atoms with E-state index in [2.05, 4.69) is 67.6 Å². The number of carbonyl (C=O) groups excluding carboxylic acids is 1. The van der Waals surface area contributed by atoms with Crippen molar-refractivity contribution in [2.45, 2.75) is 94.3 Å². The summed E-state index contributed by atoms with van der Waals surface area (Å²) >= 11 is 0. The van der Waals surface area contributed by atoms with Crippen LogP contribution in [0.5, 0.6) is 0 Å². The van der Waals surface area contributed by atoms with E-state index in [9.17, 15) is 4.79 Å². The average molecular weight is 779 g/mol. The van der Waals surface area contributed by atoms with Gasteiger partial charge in [-0.2, -0.15) is 0 Å². The number of benzene rings is 11. The van der Waals surface area contributed by atoms with E-state index >= 15 is 0 Å². The minimum atomic E-state index is -0.101. The van der Waals surface area contributed by atoms with Gasteiger partial charge in [-0.3, -0.25) is 4.79 Å². The highest BCUT2D eigenvalue weighted by molar-refractivity contribution is 6.64. The molecule has 286 valence electrons. The zero-order valence-corrected chi connectivity index (χ0v) is 34.2. The van der Waals surface area contributed by atoms with Crippen LogP contribution in [-0.2, 0) is 46.0 Å². The number of rotatable bonds is 10. The Morgan fingerprint density at radius 1 is 0.541 bits per heavy atom. The number of fused-ring (bicyclic) bond motifs is 1. The minimum absolute atomic E-state index is 0.0144. The van der Waals surface area contributed by atoms with E-state index in [4.69, 9.17) is 4.74 Å². The number of carbonyl (C=O) groups is 1. The Kier molecular flexibility index (Phi) is 4.36. The molecule has 3 unspecified atom stereocenters. The van der Waals surface area contributed by atoms with Gasteiger partial charge < -0.3 is 4.74 Å². The molecule has 0 radical (unpaired) electrons. The van der Waals surface area contributed by atoms with Crippen LogP contribution in [0.3, 0.4) is 0 Å². The molecule has 1 saturated carbocycles. The van der Waals surface area contributed by atoms with Crippen molar-refractivity contribution in [1.29, 1.82) is 0 Å². The van der Waals surface area contributed by atoms with Gasteiger partial charge >= 0.3 is 5.97 Å². The Bertz CT molecular complexity index is 4280. The monoisotopic (exact) mass is 778 g/mol. The van der Waals surface area contributed by atoms with Crippen molar-refractivity contribution in [3.05, 3.63) is 116 Å². The largest absolute Gasteiger partial charge is 0.466 e. The van der Waals surface area contributed by atoms with Crippen molar-refractivity contribution >= 4 is 124 Å². The van der Waals surface area contributed by atoms with Crippen LogP contribution in [0.1, 0.15) is 113 Å². The van der Waals surface area contributed by atoms with Crippen LogP contribution < -0.4 is 0 Å². The first-order valence-corrected chi connectivity index (χ1v) is 23.6. The SMILES string of the molecule is CCCCCCOC(=O)CCCC1(c2ccccc2)C2c3cc4c5c6c(cc7c8c9c(cc%10cc%11c%12c%13c(cc%14c%15c(c%16c3c5c3c%16c(c%15%13)c5c%12c%10c9c5c3c68)C21C%14)C%11)C7)C4. The van der Waals surface area contributed by atoms with Crippen molar-refractivity contribution in [2.75, 3.05) is 6.61 Å². The number of esters is 1. The Balaban J connectivity index is 0.996. The molecule has 0 aromatic heterocycles. The van der Waals surface area contributed by atoms with Gasteiger partial charge in [0.2, 0.25) is 0 Å². The van der Waals surface area contributed by atoms with Gasteiger partial charge in [0.25, 0.3) is 0 Å². The normalized spacial score (nSPS) is 22.5. The molecule has 2 heteroatoms. The minimum Gasteiger partial charge on any atom is -0.466 e. The van der Waals surface area contributed by atoms with Gasteiger partial charge in [-0.15, -0.1) is 0 Å². The summed E-state index contributed by atoms with van der Waals surface area (Å²) in [6, 6.07) is 25.1. The standard InChI is InChI=1S/C59H38O2/c1-2-3-4-8-14-61-34(60)12-9-13-58(32-10-6-5-7-11-32)57-33-22-30-20-27-16-24-15-25-17-28-18-26-19-29-21-31-23-59(57,58)56-42(31)47-39(29)37(26)46-41(28)45-36(25)35(24)44-38(27)40(30)48-43(33)55(56)54-52(47)51(46)50(45)49(44)53(48)54/h5-7,10-11,16-18,21-22,57H,2-4,8-9,12-15,19-20,23H2,1H3. The number of ether oxygens (including phenoxy) is 1. The predicted octanol–water partition coefficient (Wildman–Crippen LogP) is 14.3. The molecule has 0 bridgehead atoms. The van der Waals surface area contributed by atoms with Crippen molar-refractivity contribution in [1.82, 2.24) is 0 Å². The molecule has 0 N–H and O–H groups in total. The zero-order valence-electron chi connectivity index (χ0n) is 34.2. The summed E-state index contributed by atoms with van der Waals surface area (Å²) in [7, 11) is 0. The average Bonchev–Trinajstić information content (AvgIpc) is 3.98. The second kappa shape index (κ2) is 8.84. The molecular weight excluding hydrogens is 741 g/mol. The number of unbranched alkanes of at least 4 members (excludes halogenated alkanes) is 3. The highest BCUT2D eigenvalue weighted by Gasteiger charge is 2.80. The molecule has 1 spiro atoms. The Morgan fingerprint density at radius 3 is 1.74 bits per heavy atom. The third-order valence-electron chi connectivity index (χ3n) is 19.1. The molecular formula is C59H38O2. The van der Waals surface area contributed by atoms with Crippen molar-refractivity contribution < 1.29 is 9.53 Å². The van der Waals surface area contributed by atoms with E-state index in [-0.39, 0.29) is 16.8 Å². The first kappa shape index (κ1) is 30.1. The van der Waals surface area contributed by atoms with E-state index in [1.54, 1.807) is 163 Å². The lowest BCUT2D eigenvalue weighted by Crippen LogP contribution is -2.23. The third-order valence-corrected chi connectivity index (χ3v) is 19.1. The summed E-state index contributed by atoms with van der Waals surface area (Å²) in [5, 5.41) is 35.1. The fourth-order valence-corrected chi connectivity index (χ4v) is 17.7. The molecule has 6 aliphatic rings. The maximum atomic E-state index is 13.4. The molecule has 13 aromatic rings. The van der Waals surface area contributed by atoms with Gasteiger partial charge in [0.15, 0.2) is 0 Å². The van der Waals surface area contributed by atoms with Gasteiger partial charge in [0, 0.05) is 23.2 Å². The zero-order chi connectivity index (χ0) is 38.9. The van der Waals surface area contributed by atoms with E-state index < -0.39 is 0 Å². The maximum Gasteiger partial charge on any atom is 0.305 e. The van der Waals surface area contributed by atoms with Crippen LogP contribution in [0.2, 0.25) is 0 Å². The first-order valence-electron chi connectivity index (χ1n) is 23.6. The van der Waals surface area contributed by atoms with Gasteiger partial charge in [-0.1, -0.05) is 86.8 Å². The predicted molar refractivity (Wildman–Crippen MR) is 251 cm³/mol. The smallest absolute Gasteiger partial charge is 0.305 e. The van der Waals surface area contributed by atoms with Crippen molar-refractivity contribution in [3.8, 4) is 0 Å². The highest BCUT2D eigenvalue weighted by Crippen LogP contribution is 2.85. The summed E-state index contributed by atoms with van der Waals surface area (Å²) in [4.78, 5) is 13.4. The van der Waals surface area contributed by atoms with E-state index in [1.165, 1.54) is 23.8 Å². The van der Waals surface area contributed by atoms with Gasteiger partial charge in [0.1, 0.15) is 0 Å². The highest BCUT2D eigenvalue weighted by atomic mass is 16.5. The molecule has 19 rings (SSSR count). The van der Waals surface area contributed by atoms with Gasteiger partial charge in [-0.05, 0) is 219 Å². The fourth-order valence-electron chi connectivity index (χ4n) is 17.7. The van der Waals surface area contributed by atoms with Crippen molar-refractivity contribution in [3.63, 3.8) is 0 Å². The summed E-state index contributed by atoms with van der Waals surface area (Å²) in [5.74, 6) is 0.353. The van der Waals surface area contributed by atoms with Gasteiger partial charge in [-0.25, -0.2) is 0 Å². The molecule has 0 aliphatic heterocycles. The Morgan fingerprint density at radius 2 is 1.08 bits per heavy atom. The summed E-state index contributed by atoms with van der Waals surface area (Å²) in [6.45, 7) is 2.79. The van der Waals surface area contributed by atoms with Gasteiger partial charge in [0.05, 0.1) is 6.61 Å².